The van der Waals surface area contributed by atoms with Crippen molar-refractivity contribution in [1.82, 2.24) is 20.2 Å². The summed E-state index contributed by atoms with van der Waals surface area (Å²) < 4.78 is 17.2. The number of carboxylic acid groups (broad SMARTS) is 1. The third kappa shape index (κ3) is 6.07. The van der Waals surface area contributed by atoms with Crippen LogP contribution in [0.15, 0.2) is 12.4 Å². The SMILES string of the molecule is CC(NC(=O)OC(C)(C)C)C(=O)N1CCN(c2ncc(B3OC(C)(C)C(C)(C)O3)cn2)C(C(=O)O)C1. The lowest BCUT2D eigenvalue weighted by atomic mass is 9.81. The molecule has 1 aromatic rings. The van der Waals surface area contributed by atoms with Crippen molar-refractivity contribution in [3.63, 3.8) is 0 Å². The smallest absolute Gasteiger partial charge is 0.480 e. The van der Waals surface area contributed by atoms with Gasteiger partial charge in [-0.25, -0.2) is 19.6 Å². The highest BCUT2D eigenvalue weighted by molar-refractivity contribution is 6.61. The number of hydrogen-bond acceptors (Lipinski definition) is 9. The van der Waals surface area contributed by atoms with Gasteiger partial charge >= 0.3 is 19.2 Å². The Labute approximate surface area is 211 Å². The lowest BCUT2D eigenvalue weighted by Gasteiger charge is -2.40. The molecule has 0 bridgehead atoms. The Morgan fingerprint density at radius 2 is 1.69 bits per heavy atom. The van der Waals surface area contributed by atoms with Gasteiger partial charge in [0.2, 0.25) is 11.9 Å². The van der Waals surface area contributed by atoms with Gasteiger partial charge in [0.15, 0.2) is 0 Å². The van der Waals surface area contributed by atoms with Crippen LogP contribution in [0, 0.1) is 0 Å². The van der Waals surface area contributed by atoms with Crippen LogP contribution in [-0.4, -0.2) is 93.6 Å². The molecular formula is C23H36BN5O7. The van der Waals surface area contributed by atoms with E-state index in [-0.39, 0.29) is 25.6 Å². The number of ether oxygens (including phenoxy) is 1. The predicted molar refractivity (Wildman–Crippen MR) is 132 cm³/mol. The Bertz CT molecular complexity index is 980. The molecular weight excluding hydrogens is 469 g/mol. The van der Waals surface area contributed by atoms with E-state index in [1.807, 2.05) is 27.7 Å². The highest BCUT2D eigenvalue weighted by Gasteiger charge is 2.52. The number of aromatic nitrogens is 2. The number of carbonyl (C=O) groups is 3. The monoisotopic (exact) mass is 505 g/mol. The van der Waals surface area contributed by atoms with Crippen molar-refractivity contribution in [3.05, 3.63) is 12.4 Å². The highest BCUT2D eigenvalue weighted by atomic mass is 16.7. The fourth-order valence-corrected chi connectivity index (χ4v) is 3.83. The summed E-state index contributed by atoms with van der Waals surface area (Å²) in [7, 11) is -0.632. The second kappa shape index (κ2) is 9.85. The average molecular weight is 505 g/mol. The lowest BCUT2D eigenvalue weighted by Crippen LogP contribution is -2.61. The number of anilines is 1. The second-order valence-electron chi connectivity index (χ2n) is 11.1. The maximum atomic E-state index is 12.9. The van der Waals surface area contributed by atoms with Crippen LogP contribution in [0.25, 0.3) is 0 Å². The van der Waals surface area contributed by atoms with Crippen molar-refractivity contribution in [1.29, 1.82) is 0 Å². The van der Waals surface area contributed by atoms with E-state index in [1.165, 1.54) is 11.8 Å². The number of alkyl carbamates (subject to hydrolysis) is 1. The highest BCUT2D eigenvalue weighted by Crippen LogP contribution is 2.36. The van der Waals surface area contributed by atoms with Gasteiger partial charge in [-0.1, -0.05) is 0 Å². The average Bonchev–Trinajstić information content (AvgIpc) is 2.98. The molecule has 2 unspecified atom stereocenters. The van der Waals surface area contributed by atoms with E-state index in [2.05, 4.69) is 15.3 Å². The van der Waals surface area contributed by atoms with Gasteiger partial charge in [-0.05, 0) is 55.4 Å². The minimum atomic E-state index is -1.11. The summed E-state index contributed by atoms with van der Waals surface area (Å²) in [6, 6.07) is -1.93. The third-order valence-corrected chi connectivity index (χ3v) is 6.52. The van der Waals surface area contributed by atoms with Crippen LogP contribution in [0.1, 0.15) is 55.4 Å². The number of piperazine rings is 1. The molecule has 2 fully saturated rings. The zero-order valence-corrected chi connectivity index (χ0v) is 22.2. The number of nitrogens with one attached hydrogen (secondary N) is 1. The molecule has 2 amide bonds. The van der Waals surface area contributed by atoms with Gasteiger partial charge in [-0.3, -0.25) is 4.79 Å². The molecule has 2 aliphatic heterocycles. The maximum absolute atomic E-state index is 12.9. The van der Waals surface area contributed by atoms with Crippen molar-refractivity contribution in [2.75, 3.05) is 24.5 Å². The zero-order chi connectivity index (χ0) is 27.1. The maximum Gasteiger partial charge on any atom is 0.498 e. The quantitative estimate of drug-likeness (QED) is 0.552. The van der Waals surface area contributed by atoms with Crippen molar-refractivity contribution in [2.45, 2.75) is 84.3 Å². The molecule has 3 rings (SSSR count). The van der Waals surface area contributed by atoms with Gasteiger partial charge in [0.1, 0.15) is 17.7 Å². The Morgan fingerprint density at radius 3 is 2.19 bits per heavy atom. The van der Waals surface area contributed by atoms with Gasteiger partial charge in [0, 0.05) is 30.9 Å². The fourth-order valence-electron chi connectivity index (χ4n) is 3.83. The van der Waals surface area contributed by atoms with Gasteiger partial charge in [0.25, 0.3) is 0 Å². The van der Waals surface area contributed by atoms with E-state index in [1.54, 1.807) is 38.1 Å². The van der Waals surface area contributed by atoms with Crippen LogP contribution in [0.3, 0.4) is 0 Å². The molecule has 2 saturated heterocycles. The van der Waals surface area contributed by atoms with Crippen LogP contribution >= 0.6 is 0 Å². The lowest BCUT2D eigenvalue weighted by molar-refractivity contribution is -0.142. The molecule has 0 radical (unpaired) electrons. The number of nitrogens with zero attached hydrogens (tertiary/aromatic N) is 4. The zero-order valence-electron chi connectivity index (χ0n) is 22.2. The third-order valence-electron chi connectivity index (χ3n) is 6.52. The number of amides is 2. The van der Waals surface area contributed by atoms with Crippen molar-refractivity contribution >= 4 is 36.5 Å². The molecule has 2 N–H and O–H groups in total. The topological polar surface area (TPSA) is 143 Å². The summed E-state index contributed by atoms with van der Waals surface area (Å²) in [5.41, 5.74) is -1.10. The van der Waals surface area contributed by atoms with Gasteiger partial charge < -0.3 is 34.3 Å². The van der Waals surface area contributed by atoms with E-state index < -0.39 is 54.0 Å². The van der Waals surface area contributed by atoms with Crippen LogP contribution in [0.2, 0.25) is 0 Å². The first-order chi connectivity index (χ1) is 16.5. The molecule has 1 aromatic heterocycles. The molecule has 13 heteroatoms. The van der Waals surface area contributed by atoms with Crippen LogP contribution in [0.5, 0.6) is 0 Å². The molecule has 2 aliphatic rings. The van der Waals surface area contributed by atoms with E-state index in [0.29, 0.717) is 5.46 Å². The molecule has 36 heavy (non-hydrogen) atoms. The van der Waals surface area contributed by atoms with Crippen LogP contribution in [-0.2, 0) is 23.6 Å². The summed E-state index contributed by atoms with van der Waals surface area (Å²) in [6.07, 6.45) is 2.41. The minimum Gasteiger partial charge on any atom is -0.480 e. The van der Waals surface area contributed by atoms with E-state index in [0.717, 1.165) is 0 Å². The van der Waals surface area contributed by atoms with Crippen molar-refractivity contribution < 1.29 is 33.5 Å². The number of rotatable bonds is 5. The largest absolute Gasteiger partial charge is 0.498 e. The van der Waals surface area contributed by atoms with E-state index in [4.69, 9.17) is 14.0 Å². The van der Waals surface area contributed by atoms with E-state index >= 15 is 0 Å². The molecule has 12 nitrogen and oxygen atoms in total. The number of aliphatic carboxylic acids is 1. The van der Waals surface area contributed by atoms with Gasteiger partial charge in [0.05, 0.1) is 17.7 Å². The fraction of sp³-hybridized carbons (Fsp3) is 0.696. The van der Waals surface area contributed by atoms with E-state index in [9.17, 15) is 19.5 Å². The first-order valence-corrected chi connectivity index (χ1v) is 12.0. The second-order valence-corrected chi connectivity index (χ2v) is 11.1. The Balaban J connectivity index is 1.66. The van der Waals surface area contributed by atoms with Crippen molar-refractivity contribution in [2.24, 2.45) is 0 Å². The number of carbonyl (C=O) groups excluding carboxylic acids is 2. The molecule has 0 saturated carbocycles. The predicted octanol–water partition coefficient (Wildman–Crippen LogP) is 0.791. The molecule has 0 spiro atoms. The number of hydrogen-bond donors (Lipinski definition) is 2. The first-order valence-electron chi connectivity index (χ1n) is 12.0. The van der Waals surface area contributed by atoms with Crippen LogP contribution < -0.4 is 15.7 Å². The summed E-state index contributed by atoms with van der Waals surface area (Å²) in [5.74, 6) is -1.28. The first kappa shape index (κ1) is 27.7. The Morgan fingerprint density at radius 1 is 1.14 bits per heavy atom. The molecule has 2 atom stereocenters. The summed E-state index contributed by atoms with van der Waals surface area (Å²) in [6.45, 7) is 14.9. The molecule has 3 heterocycles. The molecule has 0 aromatic carbocycles. The number of carboxylic acids is 1. The normalized spacial score (nSPS) is 22.2. The molecule has 198 valence electrons. The van der Waals surface area contributed by atoms with Crippen LogP contribution in [0.4, 0.5) is 10.7 Å². The summed E-state index contributed by atoms with van der Waals surface area (Å²) in [5, 5.41) is 12.4. The minimum absolute atomic E-state index is 0.0865. The Hall–Kier alpha value is -2.93. The summed E-state index contributed by atoms with van der Waals surface area (Å²) in [4.78, 5) is 48.7. The van der Waals surface area contributed by atoms with Gasteiger partial charge in [-0.15, -0.1) is 0 Å². The summed E-state index contributed by atoms with van der Waals surface area (Å²) >= 11 is 0. The molecule has 0 aliphatic carbocycles. The van der Waals surface area contributed by atoms with Crippen molar-refractivity contribution in [3.8, 4) is 0 Å². The Kier molecular flexibility index (Phi) is 7.57. The van der Waals surface area contributed by atoms with Gasteiger partial charge in [-0.2, -0.15) is 0 Å². The standard InChI is InChI=1S/C23H36BN5O7/c1-14(27-20(33)34-21(2,3)4)17(30)28-9-10-29(16(13-28)18(31)32)19-25-11-15(12-26-19)24-35-22(5,6)23(7,8)36-24/h11-12,14,16H,9-10,13H2,1-8H3,(H,27,33)(H,31,32).